The molecule has 3 rings (SSSR count). The number of aromatic nitrogens is 2. The second-order valence-corrected chi connectivity index (χ2v) is 6.07. The molecular weight excluding hydrogens is 349 g/mol. The third-order valence-corrected chi connectivity index (χ3v) is 4.11. The van der Waals surface area contributed by atoms with Crippen LogP contribution in [0.2, 0.25) is 10.0 Å². The van der Waals surface area contributed by atoms with Crippen molar-refractivity contribution < 1.29 is 9.90 Å². The van der Waals surface area contributed by atoms with Gasteiger partial charge in [-0.05, 0) is 42.0 Å². The Morgan fingerprint density at radius 3 is 2.75 bits per heavy atom. The van der Waals surface area contributed by atoms with Gasteiger partial charge in [0.25, 0.3) is 0 Å². The number of nitrogens with two attached hydrogens (primary N) is 1. The van der Waals surface area contributed by atoms with Crippen LogP contribution in [0.1, 0.15) is 11.3 Å². The van der Waals surface area contributed by atoms with Crippen LogP contribution in [0, 0.1) is 0 Å². The van der Waals surface area contributed by atoms with Crippen LogP contribution < -0.4 is 5.73 Å². The first-order chi connectivity index (χ1) is 11.4. The first-order valence-electron chi connectivity index (χ1n) is 7.05. The molecule has 0 fully saturated rings. The van der Waals surface area contributed by atoms with Crippen molar-refractivity contribution in [3.63, 3.8) is 0 Å². The molecule has 1 heterocycles. The minimum atomic E-state index is -1.03. The summed E-state index contributed by atoms with van der Waals surface area (Å²) in [6.45, 7) is 0.414. The van der Waals surface area contributed by atoms with Crippen molar-refractivity contribution in [3.8, 4) is 0 Å². The monoisotopic (exact) mass is 361 g/mol. The third-order valence-electron chi connectivity index (χ3n) is 3.52. The molecule has 7 heteroatoms. The first-order valence-corrected chi connectivity index (χ1v) is 7.80. The summed E-state index contributed by atoms with van der Waals surface area (Å²) in [5.41, 5.74) is 8.67. The van der Waals surface area contributed by atoms with Crippen molar-refractivity contribution in [1.29, 1.82) is 0 Å². The maximum absolute atomic E-state index is 10.8. The van der Waals surface area contributed by atoms with Gasteiger partial charge >= 0.3 is 5.97 Å². The lowest BCUT2D eigenvalue weighted by Crippen LogP contribution is -2.02. The van der Waals surface area contributed by atoms with Gasteiger partial charge in [0.05, 0.1) is 17.8 Å². The summed E-state index contributed by atoms with van der Waals surface area (Å²) in [5.74, 6) is -1.03. The molecule has 0 unspecified atom stereocenters. The molecule has 0 aliphatic rings. The smallest absolute Gasteiger partial charge is 0.328 e. The summed E-state index contributed by atoms with van der Waals surface area (Å²) < 4.78 is 1.74. The van der Waals surface area contributed by atoms with Crippen molar-refractivity contribution >= 4 is 51.8 Å². The summed E-state index contributed by atoms with van der Waals surface area (Å²) >= 11 is 12.2. The number of carbonyl (C=O) groups is 1. The number of nitrogens with zero attached hydrogens (tertiary/aromatic N) is 2. The van der Waals surface area contributed by atoms with Gasteiger partial charge in [0, 0.05) is 27.2 Å². The third kappa shape index (κ3) is 3.37. The second kappa shape index (κ2) is 6.55. The van der Waals surface area contributed by atoms with Crippen molar-refractivity contribution in [1.82, 2.24) is 9.78 Å². The Morgan fingerprint density at radius 2 is 2.04 bits per heavy atom. The highest BCUT2D eigenvalue weighted by atomic mass is 35.5. The standard InChI is InChI=1S/C17H13Cl2N3O2/c18-11-2-1-10(14(19)7-11)9-22-16-8-12(20)3-4-13(16)15(21-22)5-6-17(23)24/h1-8H,9,20H2,(H,23,24)/b6-5+. The van der Waals surface area contributed by atoms with Gasteiger partial charge in [0.2, 0.25) is 0 Å². The van der Waals surface area contributed by atoms with Gasteiger partial charge in [-0.15, -0.1) is 0 Å². The Bertz CT molecular complexity index is 964. The number of carboxylic acid groups (broad SMARTS) is 1. The van der Waals surface area contributed by atoms with Crippen molar-refractivity contribution in [2.75, 3.05) is 5.73 Å². The van der Waals surface area contributed by atoms with E-state index >= 15 is 0 Å². The number of aliphatic carboxylic acids is 1. The molecule has 3 aromatic rings. The summed E-state index contributed by atoms with van der Waals surface area (Å²) in [6, 6.07) is 10.6. The molecular formula is C17H13Cl2N3O2. The average Bonchev–Trinajstić information content (AvgIpc) is 2.85. The fraction of sp³-hybridized carbons (Fsp3) is 0.0588. The molecule has 3 N–H and O–H groups in total. The predicted molar refractivity (Wildman–Crippen MR) is 96.4 cm³/mol. The lowest BCUT2D eigenvalue weighted by atomic mass is 10.1. The summed E-state index contributed by atoms with van der Waals surface area (Å²) in [6.07, 6.45) is 2.51. The number of hydrogen-bond acceptors (Lipinski definition) is 3. The molecule has 0 aliphatic heterocycles. The van der Waals surface area contributed by atoms with Gasteiger partial charge in [-0.2, -0.15) is 5.10 Å². The predicted octanol–water partition coefficient (Wildman–Crippen LogP) is 4.07. The number of nitrogen functional groups attached to an aromatic ring is 1. The molecule has 0 saturated carbocycles. The van der Waals surface area contributed by atoms with E-state index in [4.69, 9.17) is 34.0 Å². The molecule has 2 aromatic carbocycles. The van der Waals surface area contributed by atoms with Crippen LogP contribution in [-0.4, -0.2) is 20.9 Å². The molecule has 122 valence electrons. The van der Waals surface area contributed by atoms with Gasteiger partial charge < -0.3 is 10.8 Å². The van der Waals surface area contributed by atoms with Gasteiger partial charge in [0.1, 0.15) is 0 Å². The zero-order valence-electron chi connectivity index (χ0n) is 12.4. The Labute approximate surface area is 147 Å². The van der Waals surface area contributed by atoms with Crippen molar-refractivity contribution in [3.05, 3.63) is 63.8 Å². The number of benzene rings is 2. The summed E-state index contributed by atoms with van der Waals surface area (Å²) in [5, 5.41) is 15.2. The lowest BCUT2D eigenvalue weighted by Gasteiger charge is -2.07. The van der Waals surface area contributed by atoms with E-state index in [0.29, 0.717) is 28.0 Å². The van der Waals surface area contributed by atoms with Crippen molar-refractivity contribution in [2.24, 2.45) is 0 Å². The Balaban J connectivity index is 2.09. The van der Waals surface area contributed by atoms with Crippen LogP contribution in [0.15, 0.2) is 42.5 Å². The lowest BCUT2D eigenvalue weighted by molar-refractivity contribution is -0.131. The highest BCUT2D eigenvalue weighted by Gasteiger charge is 2.11. The largest absolute Gasteiger partial charge is 0.478 e. The molecule has 0 radical (unpaired) electrons. The zero-order valence-corrected chi connectivity index (χ0v) is 13.9. The van der Waals surface area contributed by atoms with E-state index in [2.05, 4.69) is 5.10 Å². The summed E-state index contributed by atoms with van der Waals surface area (Å²) in [4.78, 5) is 10.8. The Morgan fingerprint density at radius 1 is 1.25 bits per heavy atom. The SMILES string of the molecule is Nc1ccc2c(/C=C/C(=O)O)nn(Cc3ccc(Cl)cc3Cl)c2c1. The van der Waals surface area contributed by atoms with E-state index in [1.54, 1.807) is 28.9 Å². The molecule has 1 aromatic heterocycles. The molecule has 0 aliphatic carbocycles. The fourth-order valence-electron chi connectivity index (χ4n) is 2.42. The fourth-order valence-corrected chi connectivity index (χ4v) is 2.89. The van der Waals surface area contributed by atoms with Gasteiger partial charge in [-0.25, -0.2) is 4.79 Å². The van der Waals surface area contributed by atoms with Gasteiger partial charge in [-0.3, -0.25) is 4.68 Å². The number of anilines is 1. The molecule has 0 saturated heterocycles. The molecule has 0 atom stereocenters. The first kappa shape index (κ1) is 16.4. The normalized spacial score (nSPS) is 11.4. The number of halogens is 2. The van der Waals surface area contributed by atoms with E-state index in [1.165, 1.54) is 6.08 Å². The van der Waals surface area contributed by atoms with Crippen LogP contribution in [0.5, 0.6) is 0 Å². The van der Waals surface area contributed by atoms with Gasteiger partial charge in [-0.1, -0.05) is 29.3 Å². The Kier molecular flexibility index (Phi) is 4.46. The van der Waals surface area contributed by atoms with Crippen LogP contribution in [-0.2, 0) is 11.3 Å². The Hall–Kier alpha value is -2.50. The quantitative estimate of drug-likeness (QED) is 0.542. The molecule has 0 bridgehead atoms. The topological polar surface area (TPSA) is 81.1 Å². The van der Waals surface area contributed by atoms with E-state index in [9.17, 15) is 4.79 Å². The minimum Gasteiger partial charge on any atom is -0.478 e. The molecule has 0 spiro atoms. The van der Waals surface area contributed by atoms with E-state index in [-0.39, 0.29) is 0 Å². The number of rotatable bonds is 4. The number of carboxylic acids is 1. The minimum absolute atomic E-state index is 0.414. The molecule has 5 nitrogen and oxygen atoms in total. The number of hydrogen-bond donors (Lipinski definition) is 2. The van der Waals surface area contributed by atoms with Crippen LogP contribution in [0.3, 0.4) is 0 Å². The molecule has 24 heavy (non-hydrogen) atoms. The van der Waals surface area contributed by atoms with Gasteiger partial charge in [0.15, 0.2) is 0 Å². The highest BCUT2D eigenvalue weighted by molar-refractivity contribution is 6.35. The van der Waals surface area contributed by atoms with Crippen molar-refractivity contribution in [2.45, 2.75) is 6.54 Å². The molecule has 0 amide bonds. The van der Waals surface area contributed by atoms with E-state index in [0.717, 1.165) is 22.5 Å². The maximum atomic E-state index is 10.8. The van der Waals surface area contributed by atoms with E-state index in [1.807, 2.05) is 12.1 Å². The average molecular weight is 362 g/mol. The zero-order chi connectivity index (χ0) is 17.3. The highest BCUT2D eigenvalue weighted by Crippen LogP contribution is 2.26. The number of fused-ring (bicyclic) bond motifs is 1. The van der Waals surface area contributed by atoms with Crippen LogP contribution in [0.25, 0.3) is 17.0 Å². The summed E-state index contributed by atoms with van der Waals surface area (Å²) in [7, 11) is 0. The maximum Gasteiger partial charge on any atom is 0.328 e. The van der Waals surface area contributed by atoms with E-state index < -0.39 is 5.97 Å². The van der Waals surface area contributed by atoms with Crippen LogP contribution in [0.4, 0.5) is 5.69 Å². The van der Waals surface area contributed by atoms with Crippen LogP contribution >= 0.6 is 23.2 Å². The second-order valence-electron chi connectivity index (χ2n) is 5.23.